The Bertz CT molecular complexity index is 369. The highest BCUT2D eigenvalue weighted by Crippen LogP contribution is 2.19. The molecule has 0 aliphatic carbocycles. The minimum atomic E-state index is -0.967. The molecule has 8 heteroatoms. The lowest BCUT2D eigenvalue weighted by molar-refractivity contribution is -0.143. The first-order chi connectivity index (χ1) is 7.49. The monoisotopic (exact) mass is 245 g/mol. The van der Waals surface area contributed by atoms with Crippen molar-refractivity contribution in [2.45, 2.75) is 24.5 Å². The van der Waals surface area contributed by atoms with Crippen LogP contribution in [0.1, 0.15) is 13.8 Å². The molecule has 1 heterocycles. The van der Waals surface area contributed by atoms with Gasteiger partial charge in [0, 0.05) is 12.8 Å². The Morgan fingerprint density at radius 3 is 2.81 bits per heavy atom. The van der Waals surface area contributed by atoms with Crippen molar-refractivity contribution in [3.05, 3.63) is 0 Å². The minimum absolute atomic E-state index is 0.365. The Labute approximate surface area is 97.6 Å². The van der Waals surface area contributed by atoms with E-state index in [0.29, 0.717) is 17.5 Å². The van der Waals surface area contributed by atoms with Gasteiger partial charge in [-0.25, -0.2) is 4.68 Å². The lowest BCUT2D eigenvalue weighted by Crippen LogP contribution is -2.51. The van der Waals surface area contributed by atoms with Gasteiger partial charge in [0.15, 0.2) is 0 Å². The summed E-state index contributed by atoms with van der Waals surface area (Å²) in [5.74, 6) is -0.512. The Balaban J connectivity index is 2.64. The van der Waals surface area contributed by atoms with Crippen molar-refractivity contribution in [2.24, 2.45) is 7.05 Å². The van der Waals surface area contributed by atoms with Gasteiger partial charge >= 0.3 is 5.97 Å². The summed E-state index contributed by atoms with van der Waals surface area (Å²) in [4.78, 5) is 11.1. The van der Waals surface area contributed by atoms with Gasteiger partial charge in [0.2, 0.25) is 5.16 Å². The molecule has 1 atom stereocenters. The maximum atomic E-state index is 11.1. The van der Waals surface area contributed by atoms with Crippen molar-refractivity contribution >= 4 is 17.7 Å². The highest BCUT2D eigenvalue weighted by atomic mass is 32.2. The number of likely N-dealkylation sites (N-methyl/N-ethyl adjacent to an activating group) is 1. The predicted octanol–water partition coefficient (Wildman–Crippen LogP) is -0.245. The quantitative estimate of drug-likeness (QED) is 0.668. The van der Waals surface area contributed by atoms with Crippen molar-refractivity contribution in [2.75, 3.05) is 12.3 Å². The van der Waals surface area contributed by atoms with Gasteiger partial charge in [-0.2, -0.15) is 0 Å². The Kier molecular flexibility index (Phi) is 4.25. The molecule has 0 bridgehead atoms. The minimum Gasteiger partial charge on any atom is -0.480 e. The van der Waals surface area contributed by atoms with Crippen LogP contribution < -0.4 is 5.32 Å². The zero-order chi connectivity index (χ0) is 12.2. The summed E-state index contributed by atoms with van der Waals surface area (Å²) in [7, 11) is 1.72. The third-order valence-corrected chi connectivity index (χ3v) is 3.44. The lowest BCUT2D eigenvalue weighted by Gasteiger charge is -2.24. The molecule has 16 heavy (non-hydrogen) atoms. The number of carboxylic acids is 1. The van der Waals surface area contributed by atoms with Crippen LogP contribution in [0.2, 0.25) is 0 Å². The number of carbonyl (C=O) groups is 1. The van der Waals surface area contributed by atoms with E-state index in [1.807, 2.05) is 6.92 Å². The summed E-state index contributed by atoms with van der Waals surface area (Å²) in [6.07, 6.45) is 0. The number of nitrogens with zero attached hydrogens (tertiary/aromatic N) is 4. The predicted molar refractivity (Wildman–Crippen MR) is 59.2 cm³/mol. The average molecular weight is 245 g/mol. The van der Waals surface area contributed by atoms with Crippen molar-refractivity contribution in [1.29, 1.82) is 0 Å². The number of tetrazole rings is 1. The molecule has 7 nitrogen and oxygen atoms in total. The number of aliphatic carboxylic acids is 1. The van der Waals surface area contributed by atoms with Crippen LogP contribution in [0.4, 0.5) is 0 Å². The Hall–Kier alpha value is -1.15. The molecule has 0 spiro atoms. The second-order valence-electron chi connectivity index (χ2n) is 3.54. The fraction of sp³-hybridized carbons (Fsp3) is 0.750. The van der Waals surface area contributed by atoms with E-state index in [-0.39, 0.29) is 0 Å². The molecule has 0 saturated carbocycles. The van der Waals surface area contributed by atoms with Crippen LogP contribution in [-0.2, 0) is 11.8 Å². The summed E-state index contributed by atoms with van der Waals surface area (Å²) in [6, 6.07) is 0. The first-order valence-corrected chi connectivity index (χ1v) is 5.81. The summed E-state index contributed by atoms with van der Waals surface area (Å²) in [6.45, 7) is 4.12. The van der Waals surface area contributed by atoms with Crippen LogP contribution in [0.25, 0.3) is 0 Å². The molecular formula is C8H15N5O2S. The van der Waals surface area contributed by atoms with E-state index < -0.39 is 11.5 Å². The first-order valence-electron chi connectivity index (χ1n) is 4.83. The number of aryl methyl sites for hydroxylation is 1. The van der Waals surface area contributed by atoms with E-state index in [1.165, 1.54) is 16.4 Å². The fourth-order valence-corrected chi connectivity index (χ4v) is 2.09. The maximum absolute atomic E-state index is 11.1. The van der Waals surface area contributed by atoms with Gasteiger partial charge in [-0.15, -0.1) is 5.10 Å². The average Bonchev–Trinajstić information content (AvgIpc) is 2.61. The van der Waals surface area contributed by atoms with Crippen LogP contribution in [0.5, 0.6) is 0 Å². The van der Waals surface area contributed by atoms with Crippen LogP contribution in [0.15, 0.2) is 5.16 Å². The molecule has 1 unspecified atom stereocenters. The molecule has 0 radical (unpaired) electrons. The molecule has 0 aliphatic rings. The summed E-state index contributed by atoms with van der Waals surface area (Å²) < 4.78 is 1.51. The molecule has 2 N–H and O–H groups in total. The summed E-state index contributed by atoms with van der Waals surface area (Å²) in [5.41, 5.74) is -0.967. The number of hydrogen-bond acceptors (Lipinski definition) is 6. The van der Waals surface area contributed by atoms with Gasteiger partial charge in [0.1, 0.15) is 5.54 Å². The molecular weight excluding hydrogens is 230 g/mol. The van der Waals surface area contributed by atoms with Gasteiger partial charge in [-0.05, 0) is 23.9 Å². The summed E-state index contributed by atoms with van der Waals surface area (Å²) >= 11 is 1.31. The first kappa shape index (κ1) is 12.9. The SMILES string of the molecule is CCNC(C)(CSc1nnnn1C)C(=O)O. The second kappa shape index (κ2) is 5.26. The topological polar surface area (TPSA) is 92.9 Å². The molecule has 1 rings (SSSR count). The molecule has 0 aromatic carbocycles. The fourth-order valence-electron chi connectivity index (χ4n) is 1.13. The third kappa shape index (κ3) is 2.92. The number of carboxylic acid groups (broad SMARTS) is 1. The largest absolute Gasteiger partial charge is 0.480 e. The number of aromatic nitrogens is 4. The number of nitrogens with one attached hydrogen (secondary N) is 1. The second-order valence-corrected chi connectivity index (χ2v) is 4.48. The van der Waals surface area contributed by atoms with Crippen LogP contribution in [0, 0.1) is 0 Å². The van der Waals surface area contributed by atoms with Gasteiger partial charge in [0.05, 0.1) is 0 Å². The van der Waals surface area contributed by atoms with E-state index >= 15 is 0 Å². The highest BCUT2D eigenvalue weighted by Gasteiger charge is 2.32. The number of thioether (sulfide) groups is 1. The molecule has 0 amide bonds. The van der Waals surface area contributed by atoms with E-state index in [0.717, 1.165) is 0 Å². The van der Waals surface area contributed by atoms with Gasteiger partial charge in [-0.1, -0.05) is 18.7 Å². The maximum Gasteiger partial charge on any atom is 0.324 e. The number of hydrogen-bond donors (Lipinski definition) is 2. The standard InChI is InChI=1S/C8H15N5O2S/c1-4-9-8(2,6(14)15)5-16-7-10-11-12-13(7)3/h9H,4-5H2,1-3H3,(H,14,15). The molecule has 90 valence electrons. The summed E-state index contributed by atoms with van der Waals surface area (Å²) in [5, 5.41) is 23.6. The van der Waals surface area contributed by atoms with E-state index in [1.54, 1.807) is 14.0 Å². The van der Waals surface area contributed by atoms with E-state index in [2.05, 4.69) is 20.8 Å². The van der Waals surface area contributed by atoms with Crippen LogP contribution in [0.3, 0.4) is 0 Å². The van der Waals surface area contributed by atoms with Crippen molar-refractivity contribution in [1.82, 2.24) is 25.5 Å². The molecule has 1 aromatic heterocycles. The zero-order valence-electron chi connectivity index (χ0n) is 9.47. The lowest BCUT2D eigenvalue weighted by atomic mass is 10.1. The molecule has 1 aromatic rings. The normalized spacial score (nSPS) is 14.7. The van der Waals surface area contributed by atoms with Crippen LogP contribution in [-0.4, -0.2) is 49.1 Å². The van der Waals surface area contributed by atoms with Crippen molar-refractivity contribution in [3.8, 4) is 0 Å². The van der Waals surface area contributed by atoms with Gasteiger partial charge in [0.25, 0.3) is 0 Å². The Morgan fingerprint density at radius 2 is 2.38 bits per heavy atom. The Morgan fingerprint density at radius 1 is 1.69 bits per heavy atom. The molecule has 0 aliphatic heterocycles. The van der Waals surface area contributed by atoms with Crippen LogP contribution >= 0.6 is 11.8 Å². The van der Waals surface area contributed by atoms with E-state index in [9.17, 15) is 4.79 Å². The zero-order valence-corrected chi connectivity index (χ0v) is 10.3. The highest BCUT2D eigenvalue weighted by molar-refractivity contribution is 7.99. The smallest absolute Gasteiger partial charge is 0.324 e. The van der Waals surface area contributed by atoms with Crippen molar-refractivity contribution in [3.63, 3.8) is 0 Å². The molecule has 0 fully saturated rings. The molecule has 0 saturated heterocycles. The van der Waals surface area contributed by atoms with Gasteiger partial charge < -0.3 is 10.4 Å². The van der Waals surface area contributed by atoms with E-state index in [4.69, 9.17) is 5.11 Å². The van der Waals surface area contributed by atoms with Crippen molar-refractivity contribution < 1.29 is 9.90 Å². The van der Waals surface area contributed by atoms with Gasteiger partial charge in [-0.3, -0.25) is 4.79 Å². The number of rotatable bonds is 6. The third-order valence-electron chi connectivity index (χ3n) is 2.11.